The summed E-state index contributed by atoms with van der Waals surface area (Å²) in [6.07, 6.45) is 9.62. The third kappa shape index (κ3) is 25.2. The first-order chi connectivity index (χ1) is 25.5. The van der Waals surface area contributed by atoms with Gasteiger partial charge in [0.15, 0.2) is 0 Å². The normalized spacial score (nSPS) is 7.87. The number of pyridine rings is 2. The molecule has 4 aromatic carbocycles. The first kappa shape index (κ1) is 75.4. The smallest absolute Gasteiger partial charge is 0.143 e. The molecule has 0 saturated heterocycles. The third-order valence-corrected chi connectivity index (χ3v) is 6.22. The molecule has 0 fully saturated rings. The minimum Gasteiger partial charge on any atom is -0.507 e. The fourth-order valence-corrected chi connectivity index (χ4v) is 4.15. The van der Waals surface area contributed by atoms with Gasteiger partial charge in [-0.3, -0.25) is 15.0 Å². The molecule has 0 saturated carbocycles. The summed E-state index contributed by atoms with van der Waals surface area (Å²) < 4.78 is 0. The predicted octanol–water partition coefficient (Wildman–Crippen LogP) is 12.4. The number of fused-ring (bicyclic) bond motifs is 4. The van der Waals surface area contributed by atoms with Gasteiger partial charge in [0.2, 0.25) is 0 Å². The minimum atomic E-state index is 0. The van der Waals surface area contributed by atoms with Crippen LogP contribution in [0.5, 0.6) is 23.0 Å². The molecule has 4 aromatic heterocycles. The van der Waals surface area contributed by atoms with Gasteiger partial charge in [-0.1, -0.05) is 97.9 Å². The fraction of sp³-hybridized carbons (Fsp3) is 0.174. The number of phenolic OH excluding ortho intramolecular Hbond substituents is 4. The quantitative estimate of drug-likeness (QED) is 0.108. The van der Waals surface area contributed by atoms with E-state index in [9.17, 15) is 20.4 Å². The zero-order chi connectivity index (χ0) is 38.7. The van der Waals surface area contributed by atoms with Crippen molar-refractivity contribution in [3.8, 4) is 23.0 Å². The van der Waals surface area contributed by atoms with Crippen LogP contribution in [0.1, 0.15) is 55.4 Å². The van der Waals surface area contributed by atoms with Crippen LogP contribution in [-0.2, 0) is 131 Å². The zero-order valence-electron chi connectivity index (χ0n) is 37.5. The second-order valence-electron chi connectivity index (χ2n) is 9.14. The van der Waals surface area contributed by atoms with E-state index in [2.05, 4.69) is 29.9 Å². The van der Waals surface area contributed by atoms with Crippen LogP contribution in [0.15, 0.2) is 134 Å². The number of aromatic hydroxyl groups is 4. The van der Waals surface area contributed by atoms with Crippen molar-refractivity contribution in [1.82, 2.24) is 29.9 Å². The summed E-state index contributed by atoms with van der Waals surface area (Å²) in [6.45, 7) is 16.0. The first-order valence-electron chi connectivity index (χ1n) is 17.3. The van der Waals surface area contributed by atoms with E-state index in [1.165, 1.54) is 6.33 Å². The van der Waals surface area contributed by atoms with Crippen molar-refractivity contribution in [1.29, 1.82) is 0 Å². The molecule has 8 aromatic rings. The number of hydrogen-bond acceptors (Lipinski definition) is 10. The maximum absolute atomic E-state index is 9.33. The van der Waals surface area contributed by atoms with Gasteiger partial charge in [-0.15, -0.1) is 0 Å². The Morgan fingerprint density at radius 3 is 1.25 bits per heavy atom. The summed E-state index contributed by atoms with van der Waals surface area (Å²) >= 11 is 0. The SMILES string of the molecule is CC.CC.CC.CC.Oc1cccc2cccnc12.Oc1cccc2cncnc12.Oc1cccc2ncccc12.Oc1cccc2nccnc12.[CH3-].[CH3-].[CH3-].[CH3-].[Y].[Y].[Y].[Y]. The van der Waals surface area contributed by atoms with Crippen molar-refractivity contribution in [3.05, 3.63) is 164 Å². The molecule has 0 bridgehead atoms. The molecule has 60 heavy (non-hydrogen) atoms. The van der Waals surface area contributed by atoms with Crippen LogP contribution in [0.3, 0.4) is 0 Å². The molecule has 10 nitrogen and oxygen atoms in total. The molecule has 4 heterocycles. The van der Waals surface area contributed by atoms with Crippen LogP contribution < -0.4 is 0 Å². The molecule has 0 unspecified atom stereocenters. The van der Waals surface area contributed by atoms with Gasteiger partial charge in [0.25, 0.3) is 0 Å². The molecule has 316 valence electrons. The van der Waals surface area contributed by atoms with Gasteiger partial charge in [0.05, 0.1) is 11.0 Å². The Morgan fingerprint density at radius 1 is 0.350 bits per heavy atom. The third-order valence-electron chi connectivity index (χ3n) is 6.22. The van der Waals surface area contributed by atoms with Crippen LogP contribution in [0.4, 0.5) is 0 Å². The number of para-hydroxylation sites is 3. The Morgan fingerprint density at radius 2 is 0.733 bits per heavy atom. The summed E-state index contributed by atoms with van der Waals surface area (Å²) in [6, 6.07) is 28.5. The van der Waals surface area contributed by atoms with Crippen LogP contribution in [0.25, 0.3) is 43.7 Å². The van der Waals surface area contributed by atoms with Gasteiger partial charge in [-0.2, -0.15) is 0 Å². The zero-order valence-corrected chi connectivity index (χ0v) is 48.8. The second-order valence-corrected chi connectivity index (χ2v) is 9.14. The Hall–Kier alpha value is -2.00. The Kier molecular flexibility index (Phi) is 58.4. The molecule has 14 heteroatoms. The van der Waals surface area contributed by atoms with E-state index >= 15 is 0 Å². The largest absolute Gasteiger partial charge is 0.507 e. The molecule has 0 aliphatic heterocycles. The van der Waals surface area contributed by atoms with E-state index in [4.69, 9.17) is 0 Å². The Bertz CT molecular complexity index is 1850. The molecule has 0 amide bonds. The molecule has 0 aliphatic carbocycles. The van der Waals surface area contributed by atoms with Crippen LogP contribution in [0, 0.1) is 29.7 Å². The van der Waals surface area contributed by atoms with Crippen molar-refractivity contribution in [2.45, 2.75) is 55.4 Å². The molecule has 0 aliphatic rings. The van der Waals surface area contributed by atoms with E-state index < -0.39 is 0 Å². The van der Waals surface area contributed by atoms with E-state index in [0.717, 1.165) is 21.7 Å². The van der Waals surface area contributed by atoms with Gasteiger partial charge < -0.3 is 50.1 Å². The number of benzene rings is 4. The van der Waals surface area contributed by atoms with Crippen molar-refractivity contribution < 1.29 is 151 Å². The van der Waals surface area contributed by atoms with Gasteiger partial charge in [-0.25, -0.2) is 15.0 Å². The van der Waals surface area contributed by atoms with Gasteiger partial charge in [0.1, 0.15) is 45.9 Å². The van der Waals surface area contributed by atoms with E-state index in [1.807, 2.05) is 104 Å². The van der Waals surface area contributed by atoms with Crippen molar-refractivity contribution in [2.75, 3.05) is 0 Å². The Labute approximate surface area is 461 Å². The number of rotatable bonds is 0. The number of hydrogen-bond donors (Lipinski definition) is 4. The summed E-state index contributed by atoms with van der Waals surface area (Å²) in [5.74, 6) is 0.902. The van der Waals surface area contributed by atoms with Gasteiger partial charge in [-0.05, 0) is 54.6 Å². The molecular formula is C46H62N6O4Y4-4. The summed E-state index contributed by atoms with van der Waals surface area (Å²) in [4.78, 5) is 23.9. The summed E-state index contributed by atoms with van der Waals surface area (Å²) in [5.41, 5.74) is 3.35. The van der Waals surface area contributed by atoms with E-state index in [1.54, 1.807) is 79.5 Å². The first-order valence-corrected chi connectivity index (χ1v) is 17.3. The molecule has 4 N–H and O–H groups in total. The molecule has 0 atom stereocenters. The van der Waals surface area contributed by atoms with Crippen LogP contribution in [0.2, 0.25) is 0 Å². The molecule has 0 spiro atoms. The summed E-state index contributed by atoms with van der Waals surface area (Å²) in [5, 5.41) is 39.8. The van der Waals surface area contributed by atoms with Crippen LogP contribution >= 0.6 is 0 Å². The van der Waals surface area contributed by atoms with E-state index in [0.29, 0.717) is 22.1 Å². The van der Waals surface area contributed by atoms with Crippen molar-refractivity contribution in [3.63, 3.8) is 0 Å². The summed E-state index contributed by atoms with van der Waals surface area (Å²) in [7, 11) is 0. The fourth-order valence-electron chi connectivity index (χ4n) is 4.15. The number of nitrogens with zero attached hydrogens (tertiary/aromatic N) is 6. The average molecular weight is 1120 g/mol. The Balaban J connectivity index is -0.0000000909. The molecule has 4 radical (unpaired) electrons. The molecule has 8 rings (SSSR count). The maximum Gasteiger partial charge on any atom is 0.143 e. The van der Waals surface area contributed by atoms with Crippen molar-refractivity contribution in [2.24, 2.45) is 0 Å². The monoisotopic (exact) mass is 1120 g/mol. The predicted molar refractivity (Wildman–Crippen MR) is 240 cm³/mol. The molecular weight excluding hydrogens is 1060 g/mol. The van der Waals surface area contributed by atoms with Crippen LogP contribution in [-0.4, -0.2) is 50.3 Å². The maximum atomic E-state index is 9.33. The standard InChI is InChI=1S/2C9H7NO.2C8H6N2O.4C2H6.4CH3.4Y/c11-9-5-1-4-8-7(9)3-2-6-10-8;11-8-5-1-3-7-4-2-6-10-9(7)8;11-7-3-1-2-6-4-9-5-10-8(6)7;11-7-3-1-2-6-8(7)10-5-4-9-6;4*1-2;;;;;;;;/h2*1-6,11H;2*1-5,11H;4*1-2H3;4*1H3;;;;/q;;;;;;;;4*-1;;;;. The number of aromatic nitrogens is 6. The number of phenols is 4. The van der Waals surface area contributed by atoms with E-state index in [-0.39, 0.29) is 184 Å². The topological polar surface area (TPSA) is 158 Å². The van der Waals surface area contributed by atoms with Gasteiger partial charge >= 0.3 is 0 Å². The van der Waals surface area contributed by atoms with Crippen molar-refractivity contribution >= 4 is 43.7 Å². The average Bonchev–Trinajstić information content (AvgIpc) is 3.23. The van der Waals surface area contributed by atoms with Gasteiger partial charge in [0, 0.05) is 178 Å². The minimum absolute atomic E-state index is 0. The second kappa shape index (κ2) is 46.5.